The number of rotatable bonds is 2. The van der Waals surface area contributed by atoms with Gasteiger partial charge in [-0.3, -0.25) is 4.90 Å². The van der Waals surface area contributed by atoms with Crippen molar-refractivity contribution >= 4 is 8.32 Å². The zero-order valence-corrected chi connectivity index (χ0v) is 13.0. The van der Waals surface area contributed by atoms with Gasteiger partial charge in [0.05, 0.1) is 6.10 Å². The van der Waals surface area contributed by atoms with Crippen molar-refractivity contribution in [3.8, 4) is 0 Å². The summed E-state index contributed by atoms with van der Waals surface area (Å²) in [6.45, 7) is 16.3. The normalized spacial score (nSPS) is 31.6. The fraction of sp³-hybridized carbons (Fsp3) is 1.00. The van der Waals surface area contributed by atoms with Gasteiger partial charge in [-0.15, -0.1) is 0 Å². The molecule has 1 N–H and O–H groups in total. The van der Waals surface area contributed by atoms with E-state index in [9.17, 15) is 0 Å². The second kappa shape index (κ2) is 4.65. The number of nitrogens with zero attached hydrogens (tertiary/aromatic N) is 1. The standard InChI is InChI=1S/C13H28N2OSi/c1-13(2,3)17(4,5)16-12-8-11-9-14-6-7-15(11)10-12/h11-12,14H,6-10H2,1-5H3/t11-,12?/m0/s1. The van der Waals surface area contributed by atoms with E-state index in [1.165, 1.54) is 13.0 Å². The van der Waals surface area contributed by atoms with Crippen molar-refractivity contribution in [3.63, 3.8) is 0 Å². The number of fused-ring (bicyclic) bond motifs is 1. The number of hydrogen-bond acceptors (Lipinski definition) is 3. The first-order valence-corrected chi connectivity index (χ1v) is 9.83. The molecule has 100 valence electrons. The summed E-state index contributed by atoms with van der Waals surface area (Å²) in [4.78, 5) is 2.61. The maximum atomic E-state index is 6.52. The van der Waals surface area contributed by atoms with Crippen molar-refractivity contribution in [2.45, 2.75) is 57.5 Å². The van der Waals surface area contributed by atoms with Crippen LogP contribution in [0.25, 0.3) is 0 Å². The molecule has 2 heterocycles. The molecule has 1 unspecified atom stereocenters. The Morgan fingerprint density at radius 3 is 2.59 bits per heavy atom. The summed E-state index contributed by atoms with van der Waals surface area (Å²) in [5.41, 5.74) is 0. The lowest BCUT2D eigenvalue weighted by Gasteiger charge is -2.38. The van der Waals surface area contributed by atoms with E-state index in [2.05, 4.69) is 44.1 Å². The first-order valence-electron chi connectivity index (χ1n) is 6.92. The predicted octanol–water partition coefficient (Wildman–Crippen LogP) is 2.05. The molecule has 4 heteroatoms. The highest BCUT2D eigenvalue weighted by molar-refractivity contribution is 6.74. The third-order valence-electron chi connectivity index (χ3n) is 4.71. The molecule has 0 spiro atoms. The Hall–Kier alpha value is 0.0969. The molecular weight excluding hydrogens is 228 g/mol. The van der Waals surface area contributed by atoms with E-state index < -0.39 is 8.32 Å². The maximum absolute atomic E-state index is 6.52. The number of nitrogens with one attached hydrogen (secondary N) is 1. The maximum Gasteiger partial charge on any atom is 0.192 e. The Bertz CT molecular complexity index is 261. The summed E-state index contributed by atoms with van der Waals surface area (Å²) in [7, 11) is -1.58. The molecule has 17 heavy (non-hydrogen) atoms. The van der Waals surface area contributed by atoms with Crippen LogP contribution in [0, 0.1) is 0 Å². The highest BCUT2D eigenvalue weighted by Gasteiger charge is 2.42. The van der Waals surface area contributed by atoms with Crippen molar-refractivity contribution in [2.75, 3.05) is 26.2 Å². The second-order valence-electron chi connectivity index (χ2n) is 7.09. The van der Waals surface area contributed by atoms with Crippen LogP contribution in [0.2, 0.25) is 18.1 Å². The average Bonchev–Trinajstić information content (AvgIpc) is 2.56. The summed E-state index contributed by atoms with van der Waals surface area (Å²) >= 11 is 0. The molecule has 2 atom stereocenters. The van der Waals surface area contributed by atoms with Gasteiger partial charge in [0.2, 0.25) is 0 Å². The van der Waals surface area contributed by atoms with Gasteiger partial charge in [-0.25, -0.2) is 0 Å². The van der Waals surface area contributed by atoms with E-state index >= 15 is 0 Å². The van der Waals surface area contributed by atoms with Gasteiger partial charge in [0.25, 0.3) is 0 Å². The largest absolute Gasteiger partial charge is 0.413 e. The van der Waals surface area contributed by atoms with Crippen molar-refractivity contribution in [1.29, 1.82) is 0 Å². The third-order valence-corrected chi connectivity index (χ3v) is 9.25. The van der Waals surface area contributed by atoms with Gasteiger partial charge in [0.15, 0.2) is 8.32 Å². The molecule has 2 fully saturated rings. The Kier molecular flexibility index (Phi) is 3.70. The monoisotopic (exact) mass is 256 g/mol. The number of hydrogen-bond donors (Lipinski definition) is 1. The van der Waals surface area contributed by atoms with E-state index in [0.29, 0.717) is 11.1 Å². The van der Waals surface area contributed by atoms with Gasteiger partial charge >= 0.3 is 0 Å². The lowest BCUT2D eigenvalue weighted by Crippen LogP contribution is -2.47. The van der Waals surface area contributed by atoms with Crippen LogP contribution in [0.1, 0.15) is 27.2 Å². The van der Waals surface area contributed by atoms with Gasteiger partial charge in [0, 0.05) is 32.2 Å². The molecule has 0 saturated carbocycles. The van der Waals surface area contributed by atoms with Gasteiger partial charge in [-0.2, -0.15) is 0 Å². The summed E-state index contributed by atoms with van der Waals surface area (Å²) in [6, 6.07) is 0.721. The molecule has 0 amide bonds. The third kappa shape index (κ3) is 2.92. The molecule has 2 saturated heterocycles. The van der Waals surface area contributed by atoms with Crippen LogP contribution >= 0.6 is 0 Å². The van der Waals surface area contributed by atoms with Crippen LogP contribution in [-0.2, 0) is 4.43 Å². The molecule has 0 aromatic rings. The minimum atomic E-state index is -1.58. The van der Waals surface area contributed by atoms with Gasteiger partial charge in [0.1, 0.15) is 0 Å². The van der Waals surface area contributed by atoms with Crippen LogP contribution in [0.3, 0.4) is 0 Å². The zero-order valence-electron chi connectivity index (χ0n) is 12.0. The highest BCUT2D eigenvalue weighted by atomic mass is 28.4. The van der Waals surface area contributed by atoms with E-state index in [-0.39, 0.29) is 0 Å². The topological polar surface area (TPSA) is 24.5 Å². The fourth-order valence-corrected chi connectivity index (χ4v) is 3.95. The molecular formula is C13H28N2OSi. The van der Waals surface area contributed by atoms with Crippen LogP contribution in [0.4, 0.5) is 0 Å². The van der Waals surface area contributed by atoms with Gasteiger partial charge in [-0.1, -0.05) is 20.8 Å². The van der Waals surface area contributed by atoms with Gasteiger partial charge in [-0.05, 0) is 24.6 Å². The Morgan fingerprint density at radius 1 is 1.29 bits per heavy atom. The summed E-state index contributed by atoms with van der Waals surface area (Å²) in [5, 5.41) is 3.81. The lowest BCUT2D eigenvalue weighted by molar-refractivity contribution is 0.174. The van der Waals surface area contributed by atoms with E-state index in [0.717, 1.165) is 25.7 Å². The van der Waals surface area contributed by atoms with Crippen LogP contribution in [-0.4, -0.2) is 51.5 Å². The van der Waals surface area contributed by atoms with E-state index in [1.54, 1.807) is 0 Å². The summed E-state index contributed by atoms with van der Waals surface area (Å²) in [6.07, 6.45) is 1.69. The van der Waals surface area contributed by atoms with Crippen molar-refractivity contribution in [2.24, 2.45) is 0 Å². The summed E-state index contributed by atoms with van der Waals surface area (Å²) < 4.78 is 6.52. The second-order valence-corrected chi connectivity index (χ2v) is 11.8. The highest BCUT2D eigenvalue weighted by Crippen LogP contribution is 2.38. The molecule has 2 rings (SSSR count). The quantitative estimate of drug-likeness (QED) is 0.765. The predicted molar refractivity (Wildman–Crippen MR) is 74.9 cm³/mol. The zero-order chi connectivity index (χ0) is 12.7. The molecule has 2 aliphatic rings. The first kappa shape index (κ1) is 13.5. The fourth-order valence-electron chi connectivity index (χ4n) is 2.59. The molecule has 0 aliphatic carbocycles. The molecule has 0 aromatic carbocycles. The minimum absolute atomic E-state index is 0.328. The Balaban J connectivity index is 1.93. The average molecular weight is 256 g/mol. The van der Waals surface area contributed by atoms with E-state index in [1.807, 2.05) is 0 Å². The van der Waals surface area contributed by atoms with Crippen molar-refractivity contribution in [3.05, 3.63) is 0 Å². The van der Waals surface area contributed by atoms with Crippen LogP contribution in [0.5, 0.6) is 0 Å². The minimum Gasteiger partial charge on any atom is -0.413 e. The Morgan fingerprint density at radius 2 is 2.00 bits per heavy atom. The molecule has 0 bridgehead atoms. The van der Waals surface area contributed by atoms with E-state index in [4.69, 9.17) is 4.43 Å². The molecule has 2 aliphatic heterocycles. The van der Waals surface area contributed by atoms with Crippen LogP contribution < -0.4 is 5.32 Å². The Labute approximate surface area is 107 Å². The van der Waals surface area contributed by atoms with Gasteiger partial charge < -0.3 is 9.74 Å². The lowest BCUT2D eigenvalue weighted by atomic mass is 10.2. The first-order chi connectivity index (χ1) is 7.79. The smallest absolute Gasteiger partial charge is 0.192 e. The molecule has 0 aromatic heterocycles. The summed E-state index contributed by atoms with van der Waals surface area (Å²) in [5.74, 6) is 0. The van der Waals surface area contributed by atoms with Crippen molar-refractivity contribution in [1.82, 2.24) is 10.2 Å². The molecule has 3 nitrogen and oxygen atoms in total. The van der Waals surface area contributed by atoms with Crippen LogP contribution in [0.15, 0.2) is 0 Å². The van der Waals surface area contributed by atoms with Crippen molar-refractivity contribution < 1.29 is 4.43 Å². The molecule has 0 radical (unpaired) electrons. The number of piperazine rings is 1. The SMILES string of the molecule is CC(C)(C)[Si](C)(C)OC1C[C@H]2CNCCN2C1.